The summed E-state index contributed by atoms with van der Waals surface area (Å²) >= 11 is 0. The van der Waals surface area contributed by atoms with Crippen molar-refractivity contribution in [1.82, 2.24) is 0 Å². The van der Waals surface area contributed by atoms with Crippen LogP contribution in [-0.4, -0.2) is 0 Å². The average molecular weight is 168 g/mol. The number of unbranched alkanes of at least 4 members (excludes halogenated alkanes) is 3. The molecule has 0 saturated heterocycles. The van der Waals surface area contributed by atoms with Gasteiger partial charge in [0.1, 0.15) is 0 Å². The van der Waals surface area contributed by atoms with Crippen LogP contribution in [-0.2, 0) is 0 Å². The summed E-state index contributed by atoms with van der Waals surface area (Å²) in [5.74, 6) is 0. The quantitative estimate of drug-likeness (QED) is 0.423. The predicted molar refractivity (Wildman–Crippen MR) is 57.4 cm³/mol. The van der Waals surface area contributed by atoms with Crippen molar-refractivity contribution in [2.75, 3.05) is 0 Å². The van der Waals surface area contributed by atoms with Crippen LogP contribution in [0.4, 0.5) is 0 Å². The van der Waals surface area contributed by atoms with Gasteiger partial charge in [0.2, 0.25) is 0 Å². The van der Waals surface area contributed by atoms with E-state index in [1.807, 2.05) is 0 Å². The van der Waals surface area contributed by atoms with Crippen molar-refractivity contribution in [3.8, 4) is 0 Å². The summed E-state index contributed by atoms with van der Waals surface area (Å²) in [6, 6.07) is 0. The smallest absolute Gasteiger partial charge is 0.0320 e. The summed E-state index contributed by atoms with van der Waals surface area (Å²) in [7, 11) is 0. The van der Waals surface area contributed by atoms with E-state index in [9.17, 15) is 0 Å². The van der Waals surface area contributed by atoms with Crippen LogP contribution in [0, 0.1) is 0 Å². The Balaban J connectivity index is 0.000000202. The van der Waals surface area contributed by atoms with E-state index in [4.69, 9.17) is 0 Å². The van der Waals surface area contributed by atoms with Crippen molar-refractivity contribution >= 4 is 0 Å². The van der Waals surface area contributed by atoms with E-state index in [1.165, 1.54) is 44.9 Å². The predicted octanol–water partition coefficient (Wildman–Crippen LogP) is 4.70. The molecule has 0 nitrogen and oxygen atoms in total. The minimum atomic E-state index is 1.33. The van der Waals surface area contributed by atoms with Gasteiger partial charge in [-0.05, 0) is 26.2 Å². The Kier molecular flexibility index (Phi) is 8.64. The molecule has 0 aliphatic heterocycles. The van der Waals surface area contributed by atoms with Gasteiger partial charge >= 0.3 is 0 Å². The second-order valence-corrected chi connectivity index (χ2v) is 3.65. The Hall–Kier alpha value is -0.260. The molecule has 0 N–H and O–H groups in total. The van der Waals surface area contributed by atoms with E-state index in [0.717, 1.165) is 0 Å². The van der Waals surface area contributed by atoms with E-state index in [1.54, 1.807) is 5.57 Å². The lowest BCUT2D eigenvalue weighted by Gasteiger charge is -1.86. The van der Waals surface area contributed by atoms with Gasteiger partial charge in [0.15, 0.2) is 0 Å². The minimum Gasteiger partial charge on any atom is -0.0856 e. The van der Waals surface area contributed by atoms with Gasteiger partial charge in [-0.15, -0.1) is 0 Å². The van der Waals surface area contributed by atoms with Crippen LogP contribution < -0.4 is 0 Å². The monoisotopic (exact) mass is 168 g/mol. The summed E-state index contributed by atoms with van der Waals surface area (Å²) in [6.45, 7) is 6.66. The zero-order valence-electron chi connectivity index (χ0n) is 9.03. The molecule has 0 fully saturated rings. The topological polar surface area (TPSA) is 0 Å². The molecule has 0 heterocycles. The fourth-order valence-electron chi connectivity index (χ4n) is 1.33. The molecule has 0 amide bonds. The molecule has 1 rings (SSSR count). The lowest BCUT2D eigenvalue weighted by molar-refractivity contribution is 0.702. The van der Waals surface area contributed by atoms with Crippen LogP contribution >= 0.6 is 0 Å². The fourth-order valence-corrected chi connectivity index (χ4v) is 1.33. The number of hydrogen-bond acceptors (Lipinski definition) is 0. The van der Waals surface area contributed by atoms with E-state index in [2.05, 4.69) is 26.8 Å². The maximum Gasteiger partial charge on any atom is -0.0320 e. The van der Waals surface area contributed by atoms with Crippen LogP contribution in [0.1, 0.15) is 65.7 Å². The molecule has 0 unspecified atom stereocenters. The van der Waals surface area contributed by atoms with E-state index < -0.39 is 0 Å². The third-order valence-electron chi connectivity index (χ3n) is 2.23. The van der Waals surface area contributed by atoms with E-state index in [-0.39, 0.29) is 0 Å². The van der Waals surface area contributed by atoms with Crippen LogP contribution in [0.5, 0.6) is 0 Å². The molecule has 0 radical (unpaired) electrons. The van der Waals surface area contributed by atoms with E-state index >= 15 is 0 Å². The Labute approximate surface area is 78.1 Å². The van der Waals surface area contributed by atoms with Gasteiger partial charge in [-0.2, -0.15) is 0 Å². The van der Waals surface area contributed by atoms with Gasteiger partial charge in [-0.3, -0.25) is 0 Å². The maximum atomic E-state index is 2.32. The zero-order valence-corrected chi connectivity index (χ0v) is 9.03. The van der Waals surface area contributed by atoms with Crippen molar-refractivity contribution in [2.24, 2.45) is 0 Å². The first-order valence-electron chi connectivity index (χ1n) is 5.46. The summed E-state index contributed by atoms with van der Waals surface area (Å²) in [5.41, 5.74) is 1.58. The molecule has 72 valence electrons. The van der Waals surface area contributed by atoms with Gasteiger partial charge in [0.25, 0.3) is 0 Å². The Bertz CT molecular complexity index is 107. The third-order valence-corrected chi connectivity index (χ3v) is 2.23. The molecule has 0 saturated carbocycles. The first kappa shape index (κ1) is 11.7. The Morgan fingerprint density at radius 2 is 1.75 bits per heavy atom. The van der Waals surface area contributed by atoms with Crippen molar-refractivity contribution < 1.29 is 0 Å². The fraction of sp³-hybridized carbons (Fsp3) is 0.833. The molecule has 0 spiro atoms. The van der Waals surface area contributed by atoms with Crippen LogP contribution in [0.2, 0.25) is 0 Å². The van der Waals surface area contributed by atoms with Gasteiger partial charge < -0.3 is 0 Å². The highest BCUT2D eigenvalue weighted by atomic mass is 14.0. The zero-order chi connectivity index (χ0) is 9.23. The Morgan fingerprint density at radius 1 is 1.17 bits per heavy atom. The van der Waals surface area contributed by atoms with Gasteiger partial charge in [-0.1, -0.05) is 51.2 Å². The highest BCUT2D eigenvalue weighted by Crippen LogP contribution is 2.15. The molecular weight excluding hydrogens is 144 g/mol. The molecule has 1 aliphatic carbocycles. The molecule has 12 heavy (non-hydrogen) atoms. The van der Waals surface area contributed by atoms with Crippen LogP contribution in [0.15, 0.2) is 11.6 Å². The molecule has 0 aromatic carbocycles. The summed E-state index contributed by atoms with van der Waals surface area (Å²) in [6.07, 6.45) is 11.9. The number of rotatable bonds is 3. The second-order valence-electron chi connectivity index (χ2n) is 3.65. The summed E-state index contributed by atoms with van der Waals surface area (Å²) in [5, 5.41) is 0. The van der Waals surface area contributed by atoms with Crippen molar-refractivity contribution in [1.29, 1.82) is 0 Å². The summed E-state index contributed by atoms with van der Waals surface area (Å²) in [4.78, 5) is 0. The molecular formula is C12H24. The highest BCUT2D eigenvalue weighted by molar-refractivity contribution is 5.02. The second kappa shape index (κ2) is 8.83. The van der Waals surface area contributed by atoms with E-state index in [0.29, 0.717) is 0 Å². The van der Waals surface area contributed by atoms with Crippen LogP contribution in [0.3, 0.4) is 0 Å². The van der Waals surface area contributed by atoms with Crippen molar-refractivity contribution in [3.05, 3.63) is 11.6 Å². The average Bonchev–Trinajstić information content (AvgIpc) is 2.53. The summed E-state index contributed by atoms with van der Waals surface area (Å²) < 4.78 is 0. The van der Waals surface area contributed by atoms with Crippen molar-refractivity contribution in [3.63, 3.8) is 0 Å². The lowest BCUT2D eigenvalue weighted by atomic mass is 10.2. The van der Waals surface area contributed by atoms with Crippen molar-refractivity contribution in [2.45, 2.75) is 65.7 Å². The molecule has 0 aromatic rings. The van der Waals surface area contributed by atoms with Gasteiger partial charge in [0.05, 0.1) is 0 Å². The van der Waals surface area contributed by atoms with Gasteiger partial charge in [-0.25, -0.2) is 0 Å². The molecule has 0 atom stereocenters. The first-order valence-corrected chi connectivity index (χ1v) is 5.46. The SMILES string of the molecule is CC1=CCCC1.CCCCCC. The molecule has 0 bridgehead atoms. The lowest BCUT2D eigenvalue weighted by Crippen LogP contribution is -1.66. The normalized spacial score (nSPS) is 15.1. The minimum absolute atomic E-state index is 1.33. The maximum absolute atomic E-state index is 2.32. The molecule has 1 aliphatic rings. The van der Waals surface area contributed by atoms with Gasteiger partial charge in [0, 0.05) is 0 Å². The number of allylic oxidation sites excluding steroid dienone is 2. The first-order chi connectivity index (χ1) is 5.81. The largest absolute Gasteiger partial charge is 0.0856 e. The highest BCUT2D eigenvalue weighted by Gasteiger charge is 1.95. The molecule has 0 heteroatoms. The number of hydrogen-bond donors (Lipinski definition) is 0. The third kappa shape index (κ3) is 7.84. The molecule has 0 aromatic heterocycles. The van der Waals surface area contributed by atoms with Crippen LogP contribution in [0.25, 0.3) is 0 Å². The Morgan fingerprint density at radius 3 is 1.92 bits per heavy atom. The standard InChI is InChI=1S/C6H10.C6H14/c1-6-4-2-3-5-6;1-3-5-6-4-2/h4H,2-3,5H2,1H3;3-6H2,1-2H3.